The Morgan fingerprint density at radius 1 is 1.58 bits per heavy atom. The lowest BCUT2D eigenvalue weighted by Crippen LogP contribution is -2.34. The van der Waals surface area contributed by atoms with Crippen molar-refractivity contribution in [3.05, 3.63) is 10.1 Å². The van der Waals surface area contributed by atoms with Gasteiger partial charge in [-0.15, -0.1) is 11.6 Å². The normalized spacial score (nSPS) is 17.9. The number of carboxylic acid groups (broad SMARTS) is 1. The molecule has 0 saturated heterocycles. The van der Waals surface area contributed by atoms with Crippen LogP contribution < -0.4 is 0 Å². The number of halogens is 1. The third-order valence-corrected chi connectivity index (χ3v) is 2.38. The molecule has 0 heterocycles. The zero-order valence-corrected chi connectivity index (χ0v) is 7.49. The number of hydrogen-bond acceptors (Lipinski definition) is 3. The summed E-state index contributed by atoms with van der Waals surface area (Å²) >= 11 is 5.40. The largest absolute Gasteiger partial charge is 0.480 e. The van der Waals surface area contributed by atoms with E-state index in [4.69, 9.17) is 16.7 Å². The first kappa shape index (κ1) is 11.2. The van der Waals surface area contributed by atoms with E-state index in [0.29, 0.717) is 0 Å². The van der Waals surface area contributed by atoms with Gasteiger partial charge in [-0.2, -0.15) is 0 Å². The zero-order chi connectivity index (χ0) is 9.89. The molecule has 0 aromatic heterocycles. The van der Waals surface area contributed by atoms with Gasteiger partial charge in [-0.3, -0.25) is 14.9 Å². The average molecular weight is 196 g/mol. The monoisotopic (exact) mass is 195 g/mol. The SMILES string of the molecule is CC(C(Cl)C(=O)O)C(C)[N+](=O)[O-]. The lowest BCUT2D eigenvalue weighted by Gasteiger charge is -2.14. The van der Waals surface area contributed by atoms with Crippen LogP contribution in [0.3, 0.4) is 0 Å². The molecule has 0 bridgehead atoms. The van der Waals surface area contributed by atoms with Crippen molar-refractivity contribution in [2.24, 2.45) is 5.92 Å². The summed E-state index contributed by atoms with van der Waals surface area (Å²) in [5.74, 6) is -1.91. The van der Waals surface area contributed by atoms with Crippen LogP contribution in [0.5, 0.6) is 0 Å². The maximum atomic E-state index is 10.3. The summed E-state index contributed by atoms with van der Waals surface area (Å²) in [7, 11) is 0. The van der Waals surface area contributed by atoms with Crippen LogP contribution in [0.25, 0.3) is 0 Å². The van der Waals surface area contributed by atoms with Crippen molar-refractivity contribution >= 4 is 17.6 Å². The van der Waals surface area contributed by atoms with Gasteiger partial charge in [0.15, 0.2) is 0 Å². The minimum absolute atomic E-state index is 0.539. The Labute approximate surface area is 74.5 Å². The van der Waals surface area contributed by atoms with E-state index in [2.05, 4.69) is 0 Å². The molecule has 0 aliphatic carbocycles. The molecule has 0 aliphatic heterocycles. The van der Waals surface area contributed by atoms with Gasteiger partial charge in [-0.25, -0.2) is 0 Å². The fourth-order valence-electron chi connectivity index (χ4n) is 0.661. The summed E-state index contributed by atoms with van der Waals surface area (Å²) in [4.78, 5) is 20.0. The van der Waals surface area contributed by atoms with E-state index < -0.39 is 28.2 Å². The van der Waals surface area contributed by atoms with Gasteiger partial charge in [0.25, 0.3) is 0 Å². The van der Waals surface area contributed by atoms with Gasteiger partial charge in [0, 0.05) is 11.8 Å². The molecule has 0 fully saturated rings. The van der Waals surface area contributed by atoms with Crippen LogP contribution in [0.2, 0.25) is 0 Å². The van der Waals surface area contributed by atoms with Crippen LogP contribution in [0.1, 0.15) is 13.8 Å². The van der Waals surface area contributed by atoms with Gasteiger partial charge in [0.1, 0.15) is 5.38 Å². The second-order valence-electron chi connectivity index (χ2n) is 2.63. The predicted molar refractivity (Wildman–Crippen MR) is 42.9 cm³/mol. The molecular formula is C6H10ClNO4. The second-order valence-corrected chi connectivity index (χ2v) is 3.10. The maximum absolute atomic E-state index is 10.3. The highest BCUT2D eigenvalue weighted by Gasteiger charge is 2.32. The number of carboxylic acids is 1. The van der Waals surface area contributed by atoms with Crippen LogP contribution in [0.15, 0.2) is 0 Å². The van der Waals surface area contributed by atoms with E-state index in [1.807, 2.05) is 0 Å². The molecule has 5 nitrogen and oxygen atoms in total. The molecule has 0 aliphatic rings. The van der Waals surface area contributed by atoms with Crippen LogP contribution in [-0.4, -0.2) is 27.4 Å². The molecule has 6 heteroatoms. The van der Waals surface area contributed by atoms with Crippen LogP contribution in [-0.2, 0) is 4.79 Å². The predicted octanol–water partition coefficient (Wildman–Crippen LogP) is 0.980. The number of hydrogen-bond donors (Lipinski definition) is 1. The summed E-state index contributed by atoms with van der Waals surface area (Å²) in [5, 5.41) is 17.4. The first-order valence-corrected chi connectivity index (χ1v) is 3.82. The fourth-order valence-corrected chi connectivity index (χ4v) is 0.872. The van der Waals surface area contributed by atoms with Crippen molar-refractivity contribution in [2.45, 2.75) is 25.3 Å². The Morgan fingerprint density at radius 2 is 2.00 bits per heavy atom. The average Bonchev–Trinajstić information content (AvgIpc) is 2.00. The number of alkyl halides is 1. The summed E-state index contributed by atoms with van der Waals surface area (Å²) in [6.45, 7) is 2.78. The van der Waals surface area contributed by atoms with E-state index in [-0.39, 0.29) is 0 Å². The Morgan fingerprint density at radius 3 is 2.25 bits per heavy atom. The van der Waals surface area contributed by atoms with Crippen molar-refractivity contribution in [1.29, 1.82) is 0 Å². The summed E-state index contributed by atoms with van der Waals surface area (Å²) < 4.78 is 0. The highest BCUT2D eigenvalue weighted by atomic mass is 35.5. The molecule has 3 atom stereocenters. The van der Waals surface area contributed by atoms with E-state index in [1.165, 1.54) is 13.8 Å². The smallest absolute Gasteiger partial charge is 0.322 e. The third-order valence-electron chi connectivity index (χ3n) is 1.79. The van der Waals surface area contributed by atoms with E-state index in [1.54, 1.807) is 0 Å². The van der Waals surface area contributed by atoms with Crippen LogP contribution >= 0.6 is 11.6 Å². The summed E-state index contributed by atoms with van der Waals surface area (Å²) in [6, 6.07) is -0.941. The quantitative estimate of drug-likeness (QED) is 0.412. The summed E-state index contributed by atoms with van der Waals surface area (Å²) in [5.41, 5.74) is 0. The lowest BCUT2D eigenvalue weighted by molar-refractivity contribution is -0.526. The van der Waals surface area contributed by atoms with Crippen molar-refractivity contribution in [3.63, 3.8) is 0 Å². The van der Waals surface area contributed by atoms with Crippen LogP contribution in [0.4, 0.5) is 0 Å². The molecule has 0 saturated carbocycles. The van der Waals surface area contributed by atoms with Gasteiger partial charge < -0.3 is 5.11 Å². The Kier molecular flexibility index (Phi) is 3.95. The van der Waals surface area contributed by atoms with Gasteiger partial charge >= 0.3 is 5.97 Å². The molecule has 0 rings (SSSR count). The molecule has 0 spiro atoms. The highest BCUT2D eigenvalue weighted by molar-refractivity contribution is 6.29. The first-order valence-electron chi connectivity index (χ1n) is 3.38. The van der Waals surface area contributed by atoms with Gasteiger partial charge in [0.2, 0.25) is 6.04 Å². The van der Waals surface area contributed by atoms with Crippen molar-refractivity contribution < 1.29 is 14.8 Å². The van der Waals surface area contributed by atoms with E-state index in [9.17, 15) is 14.9 Å². The minimum atomic E-state index is -1.22. The van der Waals surface area contributed by atoms with Gasteiger partial charge in [-0.1, -0.05) is 6.92 Å². The number of nitro groups is 1. The number of rotatable bonds is 4. The minimum Gasteiger partial charge on any atom is -0.480 e. The van der Waals surface area contributed by atoms with Gasteiger partial charge in [0.05, 0.1) is 5.92 Å². The Bertz CT molecular complexity index is 176. The number of carbonyl (C=O) groups is 1. The molecule has 0 aromatic carbocycles. The lowest BCUT2D eigenvalue weighted by atomic mass is 10.0. The molecule has 0 radical (unpaired) electrons. The Hall–Kier alpha value is -0.840. The third kappa shape index (κ3) is 2.65. The first-order chi connectivity index (χ1) is 5.37. The zero-order valence-electron chi connectivity index (χ0n) is 6.73. The van der Waals surface area contributed by atoms with Gasteiger partial charge in [-0.05, 0) is 0 Å². The second kappa shape index (κ2) is 4.25. The number of aliphatic carboxylic acids is 1. The van der Waals surface area contributed by atoms with E-state index in [0.717, 1.165) is 0 Å². The van der Waals surface area contributed by atoms with E-state index >= 15 is 0 Å². The molecule has 0 aromatic rings. The molecular weight excluding hydrogens is 186 g/mol. The van der Waals surface area contributed by atoms with Crippen LogP contribution in [0, 0.1) is 16.0 Å². The van der Waals surface area contributed by atoms with Crippen molar-refractivity contribution in [3.8, 4) is 0 Å². The topological polar surface area (TPSA) is 80.4 Å². The summed E-state index contributed by atoms with van der Waals surface area (Å²) in [6.07, 6.45) is 0. The Balaban J connectivity index is 4.28. The molecule has 70 valence electrons. The van der Waals surface area contributed by atoms with Crippen molar-refractivity contribution in [1.82, 2.24) is 0 Å². The molecule has 1 N–H and O–H groups in total. The molecule has 3 unspecified atom stereocenters. The highest BCUT2D eigenvalue weighted by Crippen LogP contribution is 2.16. The maximum Gasteiger partial charge on any atom is 0.322 e. The molecule has 0 amide bonds. The molecule has 12 heavy (non-hydrogen) atoms. The number of nitrogens with zero attached hydrogens (tertiary/aromatic N) is 1. The van der Waals surface area contributed by atoms with Crippen molar-refractivity contribution in [2.75, 3.05) is 0 Å². The standard InChI is InChI=1S/C6H10ClNO4/c1-3(4(2)8(11)12)5(7)6(9)10/h3-5H,1-2H3,(H,9,10). The fraction of sp³-hybridized carbons (Fsp3) is 0.833.